The summed E-state index contributed by atoms with van der Waals surface area (Å²) in [5.41, 5.74) is -1.44. The first kappa shape index (κ1) is 22.3. The van der Waals surface area contributed by atoms with E-state index in [0.29, 0.717) is 28.3 Å². The molecule has 1 aliphatic rings. The Hall–Kier alpha value is -2.88. The Morgan fingerprint density at radius 3 is 2.66 bits per heavy atom. The van der Waals surface area contributed by atoms with Crippen molar-refractivity contribution in [3.63, 3.8) is 0 Å². The van der Waals surface area contributed by atoms with Gasteiger partial charge in [-0.1, -0.05) is 35.5 Å². The highest BCUT2D eigenvalue weighted by Gasteiger charge is 2.23. The van der Waals surface area contributed by atoms with Gasteiger partial charge in [0.1, 0.15) is 12.8 Å². The van der Waals surface area contributed by atoms with Crippen LogP contribution in [0.4, 0.5) is 10.1 Å². The summed E-state index contributed by atoms with van der Waals surface area (Å²) < 4.78 is 21.2. The van der Waals surface area contributed by atoms with Crippen molar-refractivity contribution in [3.05, 3.63) is 86.4 Å². The largest absolute Gasteiger partial charge is 0.358 e. The molecule has 1 atom stereocenters. The molecule has 3 aromatic rings. The lowest BCUT2D eigenvalue weighted by atomic mass is 10.3. The van der Waals surface area contributed by atoms with E-state index < -0.39 is 35.7 Å². The van der Waals surface area contributed by atoms with Gasteiger partial charge >= 0.3 is 5.69 Å². The van der Waals surface area contributed by atoms with E-state index in [4.69, 9.17) is 16.3 Å². The maximum Gasteiger partial charge on any atom is 0.333 e. The van der Waals surface area contributed by atoms with Crippen LogP contribution in [0, 0.1) is 5.82 Å². The van der Waals surface area contributed by atoms with Crippen LogP contribution in [-0.4, -0.2) is 21.6 Å². The van der Waals surface area contributed by atoms with Crippen LogP contribution in [0.3, 0.4) is 0 Å². The molecule has 0 saturated carbocycles. The van der Waals surface area contributed by atoms with Crippen molar-refractivity contribution in [1.82, 2.24) is 9.13 Å². The average Bonchev–Trinajstić information content (AvgIpc) is 3.31. The van der Waals surface area contributed by atoms with Crippen LogP contribution in [0.15, 0.2) is 74.1 Å². The lowest BCUT2D eigenvalue weighted by Gasteiger charge is -2.16. The first-order valence-corrected chi connectivity index (χ1v) is 11.1. The van der Waals surface area contributed by atoms with Crippen LogP contribution in [0.5, 0.6) is 0 Å². The Bertz CT molecular complexity index is 1250. The van der Waals surface area contributed by atoms with Gasteiger partial charge in [-0.25, -0.2) is 9.36 Å². The molecule has 0 unspecified atom stereocenters. The Labute approximate surface area is 191 Å². The fourth-order valence-corrected chi connectivity index (χ4v) is 4.36. The lowest BCUT2D eigenvalue weighted by molar-refractivity contribution is -0.116. The molecule has 0 bridgehead atoms. The molecule has 1 saturated heterocycles. The fraction of sp³-hybridized carbons (Fsp3) is 0.227. The molecule has 7 nitrogen and oxygen atoms in total. The maximum atomic E-state index is 14.2. The number of nitrogens with one attached hydrogen (secondary N) is 1. The van der Waals surface area contributed by atoms with Gasteiger partial charge in [0, 0.05) is 21.4 Å². The second kappa shape index (κ2) is 9.72. The van der Waals surface area contributed by atoms with Crippen LogP contribution in [0.1, 0.15) is 19.1 Å². The highest BCUT2D eigenvalue weighted by molar-refractivity contribution is 7.99. The van der Waals surface area contributed by atoms with Crippen molar-refractivity contribution < 1.29 is 13.9 Å². The number of amides is 1. The molecule has 32 heavy (non-hydrogen) atoms. The van der Waals surface area contributed by atoms with Crippen molar-refractivity contribution in [1.29, 1.82) is 0 Å². The quantitative estimate of drug-likeness (QED) is 0.584. The summed E-state index contributed by atoms with van der Waals surface area (Å²) >= 11 is 7.34. The number of hydrogen-bond donors (Lipinski definition) is 1. The molecule has 166 valence electrons. The summed E-state index contributed by atoms with van der Waals surface area (Å²) in [5, 5.41) is 3.32. The normalized spacial score (nSPS) is 15.6. The van der Waals surface area contributed by atoms with E-state index in [2.05, 4.69) is 5.32 Å². The third-order valence-electron chi connectivity index (χ3n) is 4.87. The molecule has 1 aromatic heterocycles. The second-order valence-electron chi connectivity index (χ2n) is 7.13. The van der Waals surface area contributed by atoms with Crippen molar-refractivity contribution in [2.45, 2.75) is 35.4 Å². The van der Waals surface area contributed by atoms with Gasteiger partial charge in [-0.15, -0.1) is 0 Å². The predicted molar refractivity (Wildman–Crippen MR) is 120 cm³/mol. The van der Waals surface area contributed by atoms with Gasteiger partial charge in [0.25, 0.3) is 5.56 Å². The van der Waals surface area contributed by atoms with Crippen LogP contribution >= 0.6 is 23.4 Å². The molecule has 4 rings (SSSR count). The zero-order valence-corrected chi connectivity index (χ0v) is 18.4. The summed E-state index contributed by atoms with van der Waals surface area (Å²) in [6.45, 7) is -0.178. The first-order chi connectivity index (χ1) is 15.4. The SMILES string of the molecule is O=C(Cn1c(=O)c(F)cn([C@@H]2CCCO2)c1=O)Nc1ccccc1Sc1ccc(Cl)cc1. The summed E-state index contributed by atoms with van der Waals surface area (Å²) in [6.07, 6.45) is 1.44. The Morgan fingerprint density at radius 1 is 1.19 bits per heavy atom. The van der Waals surface area contributed by atoms with E-state index in [0.717, 1.165) is 27.0 Å². The summed E-state index contributed by atoms with van der Waals surface area (Å²) in [5.74, 6) is -1.75. The van der Waals surface area contributed by atoms with Crippen LogP contribution in [-0.2, 0) is 16.1 Å². The maximum absolute atomic E-state index is 14.2. The Morgan fingerprint density at radius 2 is 1.94 bits per heavy atom. The standard InChI is InChI=1S/C22H19ClFN3O4S/c23-14-7-9-15(10-8-14)32-18-5-2-1-4-17(18)25-19(28)13-27-21(29)16(24)12-26(22(27)30)20-6-3-11-31-20/h1-2,4-5,7-10,12,20H,3,6,11,13H2,(H,25,28)/t20-/m0/s1. The number of carbonyl (C=O) groups excluding carboxylic acids is 1. The molecule has 1 amide bonds. The van der Waals surface area contributed by atoms with Gasteiger partial charge in [-0.05, 0) is 49.2 Å². The van der Waals surface area contributed by atoms with Crippen molar-refractivity contribution >= 4 is 35.0 Å². The number of aromatic nitrogens is 2. The zero-order valence-electron chi connectivity index (χ0n) is 16.8. The van der Waals surface area contributed by atoms with Crippen LogP contribution < -0.4 is 16.6 Å². The number of rotatable bonds is 6. The molecule has 0 radical (unpaired) electrons. The highest BCUT2D eigenvalue weighted by atomic mass is 35.5. The number of anilines is 1. The van der Waals surface area contributed by atoms with E-state index in [9.17, 15) is 18.8 Å². The molecular formula is C22H19ClFN3O4S. The smallest absolute Gasteiger partial charge is 0.333 e. The summed E-state index contributed by atoms with van der Waals surface area (Å²) in [4.78, 5) is 39.3. The molecule has 0 spiro atoms. The number of nitrogens with zero attached hydrogens (tertiary/aromatic N) is 2. The third kappa shape index (κ3) is 4.95. The number of carbonyl (C=O) groups is 1. The molecule has 2 aromatic carbocycles. The highest BCUT2D eigenvalue weighted by Crippen LogP contribution is 2.33. The minimum absolute atomic E-state index is 0.445. The number of halogens is 2. The molecule has 2 heterocycles. The van der Waals surface area contributed by atoms with Crippen LogP contribution in [0.2, 0.25) is 5.02 Å². The van der Waals surface area contributed by atoms with Gasteiger partial charge in [0.2, 0.25) is 11.7 Å². The fourth-order valence-electron chi connectivity index (χ4n) is 3.34. The Kier molecular flexibility index (Phi) is 6.78. The lowest BCUT2D eigenvalue weighted by Crippen LogP contribution is -2.44. The minimum atomic E-state index is -1.15. The van der Waals surface area contributed by atoms with E-state index in [-0.39, 0.29) is 0 Å². The average molecular weight is 476 g/mol. The van der Waals surface area contributed by atoms with E-state index in [1.807, 2.05) is 24.3 Å². The molecule has 1 fully saturated rings. The predicted octanol–water partition coefficient (Wildman–Crippen LogP) is 3.90. The topological polar surface area (TPSA) is 82.3 Å². The van der Waals surface area contributed by atoms with E-state index >= 15 is 0 Å². The number of benzene rings is 2. The number of ether oxygens (including phenoxy) is 1. The van der Waals surface area contributed by atoms with Gasteiger partial charge in [0.05, 0.1) is 11.9 Å². The molecule has 0 aliphatic carbocycles. The monoisotopic (exact) mass is 475 g/mol. The van der Waals surface area contributed by atoms with Crippen molar-refractivity contribution in [3.8, 4) is 0 Å². The Balaban J connectivity index is 1.55. The van der Waals surface area contributed by atoms with Gasteiger partial charge < -0.3 is 10.1 Å². The summed E-state index contributed by atoms with van der Waals surface area (Å²) in [7, 11) is 0. The molecule has 1 N–H and O–H groups in total. The van der Waals surface area contributed by atoms with Gasteiger partial charge in [0.15, 0.2) is 0 Å². The van der Waals surface area contributed by atoms with Crippen molar-refractivity contribution in [2.75, 3.05) is 11.9 Å². The van der Waals surface area contributed by atoms with E-state index in [1.54, 1.807) is 24.3 Å². The van der Waals surface area contributed by atoms with Gasteiger partial charge in [-0.3, -0.25) is 14.2 Å². The number of para-hydroxylation sites is 1. The molecule has 1 aliphatic heterocycles. The van der Waals surface area contributed by atoms with Gasteiger partial charge in [-0.2, -0.15) is 4.39 Å². The molecule has 10 heteroatoms. The second-order valence-corrected chi connectivity index (χ2v) is 8.68. The molecular weight excluding hydrogens is 457 g/mol. The third-order valence-corrected chi connectivity index (χ3v) is 6.21. The van der Waals surface area contributed by atoms with Crippen molar-refractivity contribution in [2.24, 2.45) is 0 Å². The minimum Gasteiger partial charge on any atom is -0.358 e. The summed E-state index contributed by atoms with van der Waals surface area (Å²) in [6, 6.07) is 14.3. The zero-order chi connectivity index (χ0) is 22.7. The van der Waals surface area contributed by atoms with E-state index in [1.165, 1.54) is 11.8 Å². The first-order valence-electron chi connectivity index (χ1n) is 9.88. The number of hydrogen-bond acceptors (Lipinski definition) is 5. The van der Waals surface area contributed by atoms with Crippen LogP contribution in [0.25, 0.3) is 0 Å².